The molecule has 40 heavy (non-hydrogen) atoms. The minimum Gasteiger partial charge on any atom is -0.497 e. The first-order valence-corrected chi connectivity index (χ1v) is 14.0. The normalized spacial score (nSPS) is 11.2. The number of aromatic nitrogens is 2. The second kappa shape index (κ2) is 12.1. The minimum atomic E-state index is -0.959. The average molecular weight is 550 g/mol. The molecule has 5 aromatic rings. The van der Waals surface area contributed by atoms with E-state index in [1.165, 1.54) is 0 Å². The van der Waals surface area contributed by atoms with Crippen LogP contribution in [0.5, 0.6) is 11.5 Å². The molecule has 0 bridgehead atoms. The van der Waals surface area contributed by atoms with Gasteiger partial charge in [0.15, 0.2) is 5.16 Å². The quantitative estimate of drug-likeness (QED) is 0.179. The standard InChI is InChI=1S/C33H31N3O3S/c1-38-27-17-13-23(14-18-27)29-30(24-15-19-28(39-2)20-16-24)36-32(35-29)40-22-21-33(31(34)37,25-9-5-3-6-10-25)26-11-7-4-8-12-26/h3-20H,21-22H2,1-2H3,(H2,34,37)(H,35,36). The van der Waals surface area contributed by atoms with Gasteiger partial charge in [0.05, 0.1) is 31.0 Å². The number of benzene rings is 4. The molecule has 0 radical (unpaired) electrons. The predicted molar refractivity (Wildman–Crippen MR) is 161 cm³/mol. The van der Waals surface area contributed by atoms with Gasteiger partial charge in [0.2, 0.25) is 5.91 Å². The van der Waals surface area contributed by atoms with E-state index >= 15 is 0 Å². The number of nitrogens with two attached hydrogens (primary N) is 1. The third-order valence-corrected chi connectivity index (χ3v) is 7.97. The number of carbonyl (C=O) groups is 1. The molecular formula is C33H31N3O3S. The van der Waals surface area contributed by atoms with Crippen molar-refractivity contribution in [3.63, 3.8) is 0 Å². The third-order valence-electron chi connectivity index (χ3n) is 7.09. The lowest BCUT2D eigenvalue weighted by Gasteiger charge is -2.31. The maximum atomic E-state index is 13.2. The van der Waals surface area contributed by atoms with Crippen LogP contribution in [-0.4, -0.2) is 35.8 Å². The molecule has 0 unspecified atom stereocenters. The van der Waals surface area contributed by atoms with Crippen molar-refractivity contribution in [1.29, 1.82) is 0 Å². The number of amides is 1. The molecule has 0 saturated heterocycles. The molecule has 0 fully saturated rings. The Bertz CT molecular complexity index is 1450. The highest BCUT2D eigenvalue weighted by atomic mass is 32.2. The highest BCUT2D eigenvalue weighted by Crippen LogP contribution is 2.39. The topological polar surface area (TPSA) is 90.2 Å². The summed E-state index contributed by atoms with van der Waals surface area (Å²) < 4.78 is 10.7. The summed E-state index contributed by atoms with van der Waals surface area (Å²) in [6.07, 6.45) is 0.511. The van der Waals surface area contributed by atoms with E-state index in [0.717, 1.165) is 50.3 Å². The first-order chi connectivity index (χ1) is 19.5. The molecular weight excluding hydrogens is 518 g/mol. The number of imidazole rings is 1. The van der Waals surface area contributed by atoms with Crippen LogP contribution in [0, 0.1) is 0 Å². The SMILES string of the molecule is COc1ccc(-c2nc(SCCC(C(N)=O)(c3ccccc3)c3ccccc3)[nH]c2-c2ccc(OC)cc2)cc1. The molecule has 1 amide bonds. The molecule has 202 valence electrons. The summed E-state index contributed by atoms with van der Waals surface area (Å²) >= 11 is 1.57. The Morgan fingerprint density at radius 1 is 0.775 bits per heavy atom. The van der Waals surface area contributed by atoms with Crippen molar-refractivity contribution in [3.05, 3.63) is 120 Å². The second-order valence-corrected chi connectivity index (χ2v) is 10.4. The molecule has 6 nitrogen and oxygen atoms in total. The van der Waals surface area contributed by atoms with Gasteiger partial charge in [0.25, 0.3) is 0 Å². The zero-order valence-corrected chi connectivity index (χ0v) is 23.3. The zero-order valence-electron chi connectivity index (χ0n) is 22.5. The summed E-state index contributed by atoms with van der Waals surface area (Å²) in [6.45, 7) is 0. The van der Waals surface area contributed by atoms with Crippen molar-refractivity contribution in [2.45, 2.75) is 17.0 Å². The highest BCUT2D eigenvalue weighted by Gasteiger charge is 2.40. The second-order valence-electron chi connectivity index (χ2n) is 9.32. The summed E-state index contributed by atoms with van der Waals surface area (Å²) in [6, 6.07) is 35.3. The Morgan fingerprint density at radius 2 is 1.27 bits per heavy atom. The van der Waals surface area contributed by atoms with Gasteiger partial charge in [0, 0.05) is 16.9 Å². The summed E-state index contributed by atoms with van der Waals surface area (Å²) in [7, 11) is 3.30. The van der Waals surface area contributed by atoms with E-state index in [0.29, 0.717) is 12.2 Å². The molecule has 0 spiro atoms. The number of nitrogens with zero attached hydrogens (tertiary/aromatic N) is 1. The van der Waals surface area contributed by atoms with Gasteiger partial charge < -0.3 is 20.2 Å². The van der Waals surface area contributed by atoms with Crippen LogP contribution < -0.4 is 15.2 Å². The number of methoxy groups -OCH3 is 2. The van der Waals surface area contributed by atoms with Gasteiger partial charge in [0.1, 0.15) is 11.5 Å². The van der Waals surface area contributed by atoms with Crippen LogP contribution in [0.1, 0.15) is 17.5 Å². The Labute approximate surface area is 238 Å². The zero-order chi connectivity index (χ0) is 28.0. The van der Waals surface area contributed by atoms with Gasteiger partial charge in [-0.15, -0.1) is 0 Å². The van der Waals surface area contributed by atoms with E-state index in [-0.39, 0.29) is 5.91 Å². The number of rotatable bonds is 11. The van der Waals surface area contributed by atoms with Gasteiger partial charge in [-0.1, -0.05) is 72.4 Å². The van der Waals surface area contributed by atoms with Gasteiger partial charge >= 0.3 is 0 Å². The third kappa shape index (κ3) is 5.46. The lowest BCUT2D eigenvalue weighted by Crippen LogP contribution is -2.42. The fourth-order valence-corrected chi connectivity index (χ4v) is 5.89. The molecule has 5 rings (SSSR count). The Morgan fingerprint density at radius 3 is 1.75 bits per heavy atom. The number of primary amides is 1. The van der Waals surface area contributed by atoms with Crippen molar-refractivity contribution in [2.75, 3.05) is 20.0 Å². The van der Waals surface area contributed by atoms with Crippen LogP contribution in [0.2, 0.25) is 0 Å². The van der Waals surface area contributed by atoms with Crippen LogP contribution in [0.25, 0.3) is 22.5 Å². The van der Waals surface area contributed by atoms with E-state index in [9.17, 15) is 4.79 Å². The smallest absolute Gasteiger partial charge is 0.232 e. The fourth-order valence-electron chi connectivity index (χ4n) is 4.95. The number of hydrogen-bond donors (Lipinski definition) is 2. The molecule has 0 aliphatic carbocycles. The Kier molecular flexibility index (Phi) is 8.22. The van der Waals surface area contributed by atoms with E-state index < -0.39 is 5.41 Å². The Balaban J connectivity index is 1.48. The minimum absolute atomic E-state index is 0.372. The molecule has 0 atom stereocenters. The number of ether oxygens (including phenoxy) is 2. The molecule has 1 heterocycles. The summed E-state index contributed by atoms with van der Waals surface area (Å²) in [5, 5.41) is 0.760. The first kappa shape index (κ1) is 27.1. The number of hydrogen-bond acceptors (Lipinski definition) is 5. The van der Waals surface area contributed by atoms with E-state index in [1.54, 1.807) is 26.0 Å². The van der Waals surface area contributed by atoms with Crippen molar-refractivity contribution < 1.29 is 14.3 Å². The van der Waals surface area contributed by atoms with Gasteiger partial charge in [-0.25, -0.2) is 4.98 Å². The number of aromatic amines is 1. The number of carbonyl (C=O) groups excluding carboxylic acids is 1. The van der Waals surface area contributed by atoms with Crippen LogP contribution in [0.15, 0.2) is 114 Å². The van der Waals surface area contributed by atoms with E-state index in [2.05, 4.69) is 4.98 Å². The number of thioether (sulfide) groups is 1. The predicted octanol–water partition coefficient (Wildman–Crippen LogP) is 6.71. The molecule has 1 aromatic heterocycles. The van der Waals surface area contributed by atoms with E-state index in [1.807, 2.05) is 109 Å². The summed E-state index contributed by atoms with van der Waals surface area (Å²) in [4.78, 5) is 21.7. The maximum Gasteiger partial charge on any atom is 0.232 e. The van der Waals surface area contributed by atoms with Gasteiger partial charge in [-0.2, -0.15) is 0 Å². The molecule has 3 N–H and O–H groups in total. The van der Waals surface area contributed by atoms with E-state index in [4.69, 9.17) is 20.2 Å². The van der Waals surface area contributed by atoms with Crippen molar-refractivity contribution in [1.82, 2.24) is 9.97 Å². The number of nitrogens with one attached hydrogen (secondary N) is 1. The Hall–Kier alpha value is -4.49. The lowest BCUT2D eigenvalue weighted by molar-refractivity contribution is -0.122. The highest BCUT2D eigenvalue weighted by molar-refractivity contribution is 7.99. The van der Waals surface area contributed by atoms with Crippen LogP contribution >= 0.6 is 11.8 Å². The molecule has 0 saturated carbocycles. The van der Waals surface area contributed by atoms with Gasteiger partial charge in [-0.3, -0.25) is 4.79 Å². The molecule has 0 aliphatic rings. The first-order valence-electron chi connectivity index (χ1n) is 13.0. The van der Waals surface area contributed by atoms with Crippen LogP contribution in [-0.2, 0) is 10.2 Å². The van der Waals surface area contributed by atoms with Crippen molar-refractivity contribution in [3.8, 4) is 34.0 Å². The van der Waals surface area contributed by atoms with Gasteiger partial charge in [-0.05, 0) is 66.1 Å². The largest absolute Gasteiger partial charge is 0.497 e. The van der Waals surface area contributed by atoms with Crippen LogP contribution in [0.4, 0.5) is 0 Å². The van der Waals surface area contributed by atoms with Crippen molar-refractivity contribution in [2.24, 2.45) is 5.73 Å². The summed E-state index contributed by atoms with van der Waals surface area (Å²) in [5.74, 6) is 1.81. The lowest BCUT2D eigenvalue weighted by atomic mass is 9.72. The van der Waals surface area contributed by atoms with Crippen molar-refractivity contribution >= 4 is 17.7 Å². The molecule has 4 aromatic carbocycles. The molecule has 7 heteroatoms. The molecule has 0 aliphatic heterocycles. The number of H-pyrrole nitrogens is 1. The average Bonchev–Trinajstić information content (AvgIpc) is 3.44. The van der Waals surface area contributed by atoms with Crippen LogP contribution in [0.3, 0.4) is 0 Å². The maximum absolute atomic E-state index is 13.2. The monoisotopic (exact) mass is 549 g/mol. The summed E-state index contributed by atoms with van der Waals surface area (Å²) in [5.41, 5.74) is 10.7. The fraction of sp³-hybridized carbons (Fsp3) is 0.152.